The van der Waals surface area contributed by atoms with Crippen LogP contribution in [0.1, 0.15) is 11.4 Å². The fraction of sp³-hybridized carbons (Fsp3) is 0.0455. The van der Waals surface area contributed by atoms with Crippen molar-refractivity contribution in [1.82, 2.24) is 19.7 Å². The Hall–Kier alpha value is -3.38. The second kappa shape index (κ2) is 7.70. The lowest BCUT2D eigenvalue weighted by molar-refractivity contribution is 0.782. The third kappa shape index (κ3) is 3.82. The third-order valence-electron chi connectivity index (χ3n) is 4.34. The molecule has 0 saturated carbocycles. The van der Waals surface area contributed by atoms with E-state index in [0.717, 1.165) is 43.6 Å². The molecular weight excluding hydrogens is 366 g/mol. The molecule has 0 bridgehead atoms. The molecule has 0 aliphatic carbocycles. The molecule has 0 unspecified atom stereocenters. The van der Waals surface area contributed by atoms with E-state index in [1.807, 2.05) is 66.2 Å². The zero-order chi connectivity index (χ0) is 19.5. The molecule has 0 fully saturated rings. The van der Waals surface area contributed by atoms with E-state index in [4.69, 9.17) is 5.73 Å². The standard InChI is InChI=1S/C22H19N5S/c1-15(16-5-3-7-18(23)13-16)8-11-21-25-26-22(27(21)2)28-19-9-10-20-17(14-19)6-4-12-24-20/h3-14H,1,23H2,2H3/b11-8-. The Morgan fingerprint density at radius 1 is 1.11 bits per heavy atom. The van der Waals surface area contributed by atoms with Gasteiger partial charge in [-0.15, -0.1) is 10.2 Å². The Bertz CT molecular complexity index is 1190. The zero-order valence-corrected chi connectivity index (χ0v) is 16.2. The van der Waals surface area contributed by atoms with Crippen molar-refractivity contribution in [3.05, 3.63) is 84.8 Å². The van der Waals surface area contributed by atoms with Crippen LogP contribution in [0.15, 0.2) is 83.5 Å². The van der Waals surface area contributed by atoms with Gasteiger partial charge in [-0.25, -0.2) is 0 Å². The van der Waals surface area contributed by atoms with Gasteiger partial charge in [0.2, 0.25) is 0 Å². The molecule has 0 saturated heterocycles. The smallest absolute Gasteiger partial charge is 0.196 e. The monoisotopic (exact) mass is 385 g/mol. The molecule has 0 atom stereocenters. The first-order valence-corrected chi connectivity index (χ1v) is 9.57. The fourth-order valence-electron chi connectivity index (χ4n) is 2.79. The summed E-state index contributed by atoms with van der Waals surface area (Å²) in [5.74, 6) is 0.759. The maximum Gasteiger partial charge on any atom is 0.196 e. The number of rotatable bonds is 5. The first-order valence-electron chi connectivity index (χ1n) is 8.75. The lowest BCUT2D eigenvalue weighted by Gasteiger charge is -2.04. The molecule has 0 spiro atoms. The maximum absolute atomic E-state index is 5.84. The van der Waals surface area contributed by atoms with Crippen LogP contribution in [0, 0.1) is 0 Å². The van der Waals surface area contributed by atoms with Crippen molar-refractivity contribution in [1.29, 1.82) is 0 Å². The van der Waals surface area contributed by atoms with E-state index < -0.39 is 0 Å². The Kier molecular flexibility index (Phi) is 4.95. The van der Waals surface area contributed by atoms with Crippen molar-refractivity contribution in [3.63, 3.8) is 0 Å². The van der Waals surface area contributed by atoms with Crippen LogP contribution in [0.25, 0.3) is 22.6 Å². The highest BCUT2D eigenvalue weighted by molar-refractivity contribution is 7.99. The van der Waals surface area contributed by atoms with Gasteiger partial charge in [-0.1, -0.05) is 30.9 Å². The van der Waals surface area contributed by atoms with Crippen molar-refractivity contribution in [2.45, 2.75) is 10.1 Å². The highest BCUT2D eigenvalue weighted by Gasteiger charge is 2.09. The minimum atomic E-state index is 0.718. The van der Waals surface area contributed by atoms with E-state index in [-0.39, 0.29) is 0 Å². The molecule has 2 N–H and O–H groups in total. The van der Waals surface area contributed by atoms with Crippen molar-refractivity contribution in [2.24, 2.45) is 7.05 Å². The van der Waals surface area contributed by atoms with Gasteiger partial charge in [0.15, 0.2) is 11.0 Å². The summed E-state index contributed by atoms with van der Waals surface area (Å²) in [5.41, 5.74) is 9.39. The van der Waals surface area contributed by atoms with Crippen molar-refractivity contribution in [3.8, 4) is 0 Å². The second-order valence-electron chi connectivity index (χ2n) is 6.34. The number of aromatic nitrogens is 4. The van der Waals surface area contributed by atoms with Crippen LogP contribution in [0.3, 0.4) is 0 Å². The predicted molar refractivity (Wildman–Crippen MR) is 116 cm³/mol. The number of benzene rings is 2. The molecule has 5 nitrogen and oxygen atoms in total. The molecular formula is C22H19N5S. The third-order valence-corrected chi connectivity index (χ3v) is 5.37. The first-order chi connectivity index (χ1) is 13.6. The Labute approximate surface area is 167 Å². The maximum atomic E-state index is 5.84. The number of nitrogens with zero attached hydrogens (tertiary/aromatic N) is 4. The van der Waals surface area contributed by atoms with Gasteiger partial charge >= 0.3 is 0 Å². The Morgan fingerprint density at radius 3 is 2.86 bits per heavy atom. The van der Waals surface area contributed by atoms with Gasteiger partial charge in [-0.05, 0) is 65.4 Å². The lowest BCUT2D eigenvalue weighted by atomic mass is 10.1. The molecule has 138 valence electrons. The van der Waals surface area contributed by atoms with E-state index in [1.165, 1.54) is 0 Å². The van der Waals surface area contributed by atoms with Crippen LogP contribution >= 0.6 is 11.8 Å². The van der Waals surface area contributed by atoms with Crippen molar-refractivity contribution in [2.75, 3.05) is 5.73 Å². The fourth-order valence-corrected chi connectivity index (χ4v) is 3.64. The first kappa shape index (κ1) is 18.0. The largest absolute Gasteiger partial charge is 0.399 e. The molecule has 4 aromatic rings. The Balaban J connectivity index is 1.52. The number of anilines is 1. The van der Waals surface area contributed by atoms with Crippen molar-refractivity contribution >= 4 is 40.0 Å². The van der Waals surface area contributed by atoms with Crippen molar-refractivity contribution < 1.29 is 0 Å². The van der Waals surface area contributed by atoms with Gasteiger partial charge in [0.1, 0.15) is 0 Å². The van der Waals surface area contributed by atoms with Crippen LogP contribution < -0.4 is 5.73 Å². The highest BCUT2D eigenvalue weighted by Crippen LogP contribution is 2.29. The van der Waals surface area contributed by atoms with E-state index >= 15 is 0 Å². The summed E-state index contributed by atoms with van der Waals surface area (Å²) in [6, 6.07) is 17.8. The van der Waals surface area contributed by atoms with Crippen LogP contribution in [0.4, 0.5) is 5.69 Å². The Morgan fingerprint density at radius 2 is 2.00 bits per heavy atom. The topological polar surface area (TPSA) is 69.6 Å². The predicted octanol–water partition coefficient (Wildman–Crippen LogP) is 4.82. The summed E-state index contributed by atoms with van der Waals surface area (Å²) in [7, 11) is 1.95. The molecule has 6 heteroatoms. The van der Waals surface area contributed by atoms with Gasteiger partial charge in [0, 0.05) is 29.2 Å². The molecule has 2 heterocycles. The summed E-state index contributed by atoms with van der Waals surface area (Å²) in [6.45, 7) is 4.10. The normalized spacial score (nSPS) is 11.3. The number of pyridine rings is 1. The SMILES string of the molecule is C=C(/C=C\c1nnc(Sc2ccc3ncccc3c2)n1C)c1cccc(N)c1. The van der Waals surface area contributed by atoms with E-state index in [0.29, 0.717) is 0 Å². The quantitative estimate of drug-likeness (QED) is 0.394. The zero-order valence-electron chi connectivity index (χ0n) is 15.4. The van der Waals surface area contributed by atoms with E-state index in [2.05, 4.69) is 33.9 Å². The van der Waals surface area contributed by atoms with E-state index in [9.17, 15) is 0 Å². The van der Waals surface area contributed by atoms with Crippen LogP contribution in [-0.4, -0.2) is 19.7 Å². The lowest BCUT2D eigenvalue weighted by Crippen LogP contribution is -1.94. The molecule has 0 aliphatic heterocycles. The van der Waals surface area contributed by atoms with Gasteiger partial charge in [0.05, 0.1) is 5.52 Å². The van der Waals surface area contributed by atoms with Gasteiger partial charge in [-0.3, -0.25) is 4.98 Å². The molecule has 4 rings (SSSR count). The van der Waals surface area contributed by atoms with Crippen LogP contribution in [-0.2, 0) is 7.05 Å². The number of hydrogen-bond acceptors (Lipinski definition) is 5. The van der Waals surface area contributed by atoms with E-state index in [1.54, 1.807) is 18.0 Å². The minimum absolute atomic E-state index is 0.718. The van der Waals surface area contributed by atoms with Crippen LogP contribution in [0.2, 0.25) is 0 Å². The molecule has 2 aromatic heterocycles. The average Bonchev–Trinajstić information content (AvgIpc) is 3.05. The summed E-state index contributed by atoms with van der Waals surface area (Å²) < 4.78 is 1.96. The summed E-state index contributed by atoms with van der Waals surface area (Å²) in [4.78, 5) is 5.45. The number of nitrogen functional groups attached to an aromatic ring is 1. The summed E-state index contributed by atoms with van der Waals surface area (Å²) in [6.07, 6.45) is 5.63. The highest BCUT2D eigenvalue weighted by atomic mass is 32.2. The molecule has 28 heavy (non-hydrogen) atoms. The summed E-state index contributed by atoms with van der Waals surface area (Å²) in [5, 5.41) is 10.5. The molecule has 2 aromatic carbocycles. The van der Waals surface area contributed by atoms with Gasteiger partial charge in [-0.2, -0.15) is 0 Å². The van der Waals surface area contributed by atoms with Gasteiger partial charge < -0.3 is 10.3 Å². The summed E-state index contributed by atoms with van der Waals surface area (Å²) >= 11 is 1.57. The number of fused-ring (bicyclic) bond motifs is 1. The molecule has 0 radical (unpaired) electrons. The number of nitrogens with two attached hydrogens (primary N) is 1. The second-order valence-corrected chi connectivity index (χ2v) is 7.38. The van der Waals surface area contributed by atoms with Crippen LogP contribution in [0.5, 0.6) is 0 Å². The number of allylic oxidation sites excluding steroid dienone is 2. The number of hydrogen-bond donors (Lipinski definition) is 1. The molecule has 0 amide bonds. The average molecular weight is 385 g/mol. The van der Waals surface area contributed by atoms with Gasteiger partial charge in [0.25, 0.3) is 0 Å². The molecule has 0 aliphatic rings. The minimum Gasteiger partial charge on any atom is -0.399 e.